The number of hydrogen-bond acceptors (Lipinski definition) is 2. The number of aromatic nitrogens is 1. The molecule has 20 heavy (non-hydrogen) atoms. The number of aromatic amines is 1. The lowest BCUT2D eigenvalue weighted by Gasteiger charge is -2.03. The van der Waals surface area contributed by atoms with Crippen LogP contribution in [0.15, 0.2) is 45.6 Å². The first kappa shape index (κ1) is 11.6. The molecule has 4 heteroatoms. The second-order valence-electron chi connectivity index (χ2n) is 4.89. The van der Waals surface area contributed by atoms with E-state index in [1.165, 1.54) is 0 Å². The fraction of sp³-hybridized carbons (Fsp3) is 0.0625. The average Bonchev–Trinajstić information content (AvgIpc) is 2.81. The number of aryl methyl sites for hydroxylation is 1. The molecule has 0 amide bonds. The summed E-state index contributed by atoms with van der Waals surface area (Å²) < 4.78 is 5.27. The van der Waals surface area contributed by atoms with Crippen LogP contribution in [0.1, 0.15) is 5.56 Å². The van der Waals surface area contributed by atoms with Crippen molar-refractivity contribution in [3.8, 4) is 0 Å². The molecule has 3 nitrogen and oxygen atoms in total. The fourth-order valence-electron chi connectivity index (χ4n) is 2.67. The van der Waals surface area contributed by atoms with Gasteiger partial charge in [-0.15, -0.1) is 0 Å². The second kappa shape index (κ2) is 3.87. The third-order valence-electron chi connectivity index (χ3n) is 3.72. The van der Waals surface area contributed by atoms with Gasteiger partial charge < -0.3 is 9.40 Å². The monoisotopic (exact) mass is 283 g/mol. The van der Waals surface area contributed by atoms with Gasteiger partial charge in [0.05, 0.1) is 5.52 Å². The predicted octanol–water partition coefficient (Wildman–Crippen LogP) is 4.39. The van der Waals surface area contributed by atoms with Crippen LogP contribution in [0.2, 0.25) is 5.02 Å². The first-order valence-corrected chi connectivity index (χ1v) is 6.66. The van der Waals surface area contributed by atoms with Crippen molar-refractivity contribution in [1.82, 2.24) is 4.98 Å². The third kappa shape index (κ3) is 1.44. The van der Waals surface area contributed by atoms with Gasteiger partial charge in [0, 0.05) is 27.7 Å². The van der Waals surface area contributed by atoms with E-state index in [0.717, 1.165) is 32.8 Å². The van der Waals surface area contributed by atoms with Crippen molar-refractivity contribution in [2.45, 2.75) is 6.92 Å². The maximum absolute atomic E-state index is 11.7. The minimum absolute atomic E-state index is 0.150. The van der Waals surface area contributed by atoms with Gasteiger partial charge >= 0.3 is 5.63 Å². The highest BCUT2D eigenvalue weighted by atomic mass is 35.5. The van der Waals surface area contributed by atoms with Gasteiger partial charge in [-0.25, -0.2) is 4.79 Å². The Morgan fingerprint density at radius 1 is 1.05 bits per heavy atom. The molecule has 2 aromatic heterocycles. The number of rotatable bonds is 0. The zero-order valence-corrected chi connectivity index (χ0v) is 11.4. The first-order chi connectivity index (χ1) is 9.65. The Morgan fingerprint density at radius 3 is 2.70 bits per heavy atom. The highest BCUT2D eigenvalue weighted by Gasteiger charge is 2.12. The van der Waals surface area contributed by atoms with E-state index in [4.69, 9.17) is 16.0 Å². The first-order valence-electron chi connectivity index (χ1n) is 6.28. The zero-order valence-electron chi connectivity index (χ0n) is 10.7. The van der Waals surface area contributed by atoms with E-state index in [2.05, 4.69) is 11.1 Å². The normalized spacial score (nSPS) is 11.7. The van der Waals surface area contributed by atoms with E-state index in [9.17, 15) is 4.79 Å². The van der Waals surface area contributed by atoms with Crippen LogP contribution in [0.4, 0.5) is 0 Å². The molecule has 0 spiro atoms. The third-order valence-corrected chi connectivity index (χ3v) is 4.16. The van der Waals surface area contributed by atoms with Gasteiger partial charge in [0.2, 0.25) is 0 Å². The molecule has 0 saturated carbocycles. The molecule has 2 heterocycles. The van der Waals surface area contributed by atoms with Crippen LogP contribution in [0, 0.1) is 6.92 Å². The Labute approximate surface area is 118 Å². The molecule has 0 radical (unpaired) electrons. The minimum atomic E-state index is -0.493. The van der Waals surface area contributed by atoms with Gasteiger partial charge in [-0.3, -0.25) is 0 Å². The molecule has 4 aromatic rings. The van der Waals surface area contributed by atoms with E-state index in [0.29, 0.717) is 5.58 Å². The number of para-hydroxylation sites is 1. The Morgan fingerprint density at radius 2 is 1.85 bits per heavy atom. The average molecular weight is 284 g/mol. The van der Waals surface area contributed by atoms with Gasteiger partial charge in [-0.2, -0.15) is 0 Å². The number of hydrogen-bond donors (Lipinski definition) is 1. The van der Waals surface area contributed by atoms with E-state index in [1.54, 1.807) is 0 Å². The van der Waals surface area contributed by atoms with E-state index in [-0.39, 0.29) is 5.02 Å². The quantitative estimate of drug-likeness (QED) is 0.487. The largest absolute Gasteiger partial charge is 0.422 e. The Balaban J connectivity index is 2.28. The predicted molar refractivity (Wildman–Crippen MR) is 81.6 cm³/mol. The van der Waals surface area contributed by atoms with Crippen molar-refractivity contribution in [2.75, 3.05) is 0 Å². The molecule has 0 aliphatic heterocycles. The minimum Gasteiger partial charge on any atom is -0.422 e. The van der Waals surface area contributed by atoms with Crippen LogP contribution in [0.3, 0.4) is 0 Å². The number of nitrogens with one attached hydrogen (secondary N) is 1. The number of halogens is 1. The van der Waals surface area contributed by atoms with Gasteiger partial charge in [-0.05, 0) is 24.6 Å². The number of benzene rings is 2. The second-order valence-corrected chi connectivity index (χ2v) is 5.27. The van der Waals surface area contributed by atoms with Crippen molar-refractivity contribution >= 4 is 44.4 Å². The van der Waals surface area contributed by atoms with Crippen LogP contribution >= 0.6 is 11.6 Å². The number of fused-ring (bicyclic) bond motifs is 4. The summed E-state index contributed by atoms with van der Waals surface area (Å²) in [5.74, 6) is 0. The summed E-state index contributed by atoms with van der Waals surface area (Å²) in [5.41, 5.74) is 2.82. The molecule has 0 fully saturated rings. The van der Waals surface area contributed by atoms with Gasteiger partial charge in [-0.1, -0.05) is 29.8 Å². The van der Waals surface area contributed by atoms with Crippen molar-refractivity contribution in [2.24, 2.45) is 0 Å². The topological polar surface area (TPSA) is 46.0 Å². The van der Waals surface area contributed by atoms with Crippen LogP contribution in [0.5, 0.6) is 0 Å². The van der Waals surface area contributed by atoms with Crippen LogP contribution < -0.4 is 5.63 Å². The van der Waals surface area contributed by atoms with Crippen molar-refractivity contribution < 1.29 is 4.42 Å². The van der Waals surface area contributed by atoms with Crippen molar-refractivity contribution in [3.63, 3.8) is 0 Å². The molecule has 0 bridgehead atoms. The lowest BCUT2D eigenvalue weighted by Crippen LogP contribution is -2.01. The molecule has 0 atom stereocenters. The molecule has 0 aliphatic rings. The molecule has 4 rings (SSSR count). The van der Waals surface area contributed by atoms with Gasteiger partial charge in [0.25, 0.3) is 0 Å². The van der Waals surface area contributed by atoms with Crippen molar-refractivity contribution in [1.29, 1.82) is 0 Å². The molecule has 1 N–H and O–H groups in total. The van der Waals surface area contributed by atoms with E-state index < -0.39 is 5.63 Å². The SMILES string of the molecule is Cc1c(Cl)c(=O)oc2cc3[nH]c4ccccc4c3cc12. The standard InChI is InChI=1S/C16H10ClNO2/c1-8-10-6-11-9-4-2-3-5-12(9)18-13(11)7-14(10)20-16(19)15(8)17/h2-7,18H,1H3. The smallest absolute Gasteiger partial charge is 0.355 e. The van der Waals surface area contributed by atoms with E-state index in [1.807, 2.05) is 37.3 Å². The highest BCUT2D eigenvalue weighted by molar-refractivity contribution is 6.32. The Hall–Kier alpha value is -2.26. The van der Waals surface area contributed by atoms with Crippen molar-refractivity contribution in [3.05, 3.63) is 57.4 Å². The fourth-order valence-corrected chi connectivity index (χ4v) is 2.81. The van der Waals surface area contributed by atoms with Gasteiger partial charge in [0.15, 0.2) is 0 Å². The zero-order chi connectivity index (χ0) is 13.9. The summed E-state index contributed by atoms with van der Waals surface area (Å²) in [6, 6.07) is 12.0. The summed E-state index contributed by atoms with van der Waals surface area (Å²) in [6.45, 7) is 1.84. The molecular weight excluding hydrogens is 274 g/mol. The summed E-state index contributed by atoms with van der Waals surface area (Å²) in [4.78, 5) is 15.0. The Kier molecular flexibility index (Phi) is 2.24. The molecule has 2 aromatic carbocycles. The number of H-pyrrole nitrogens is 1. The lowest BCUT2D eigenvalue weighted by atomic mass is 10.1. The summed E-state index contributed by atoms with van der Waals surface area (Å²) >= 11 is 5.99. The molecular formula is C16H10ClNO2. The lowest BCUT2D eigenvalue weighted by molar-refractivity contribution is 0.560. The Bertz CT molecular complexity index is 1040. The maximum Gasteiger partial charge on any atom is 0.355 e. The molecule has 0 unspecified atom stereocenters. The van der Waals surface area contributed by atoms with E-state index >= 15 is 0 Å². The maximum atomic E-state index is 11.7. The summed E-state index contributed by atoms with van der Waals surface area (Å²) in [6.07, 6.45) is 0. The summed E-state index contributed by atoms with van der Waals surface area (Å²) in [7, 11) is 0. The molecule has 98 valence electrons. The van der Waals surface area contributed by atoms with Crippen LogP contribution in [0.25, 0.3) is 32.8 Å². The highest BCUT2D eigenvalue weighted by Crippen LogP contribution is 2.31. The molecule has 0 saturated heterocycles. The van der Waals surface area contributed by atoms with Crippen LogP contribution in [-0.2, 0) is 0 Å². The van der Waals surface area contributed by atoms with Gasteiger partial charge in [0.1, 0.15) is 10.6 Å². The molecule has 0 aliphatic carbocycles. The van der Waals surface area contributed by atoms with Crippen LogP contribution in [-0.4, -0.2) is 4.98 Å². The summed E-state index contributed by atoms with van der Waals surface area (Å²) in [5, 5.41) is 3.26.